The number of methoxy groups -OCH3 is 1. The number of aliphatic carboxylic acids is 1. The predicted octanol–water partition coefficient (Wildman–Crippen LogP) is 1.43. The van der Waals surface area contributed by atoms with Crippen LogP contribution in [0.2, 0.25) is 0 Å². The van der Waals surface area contributed by atoms with Gasteiger partial charge in [0.1, 0.15) is 6.04 Å². The van der Waals surface area contributed by atoms with Gasteiger partial charge in [0.05, 0.1) is 6.61 Å². The number of hydrogen-bond donors (Lipinski definition) is 3. The van der Waals surface area contributed by atoms with Gasteiger partial charge in [0.25, 0.3) is 0 Å². The zero-order valence-electron chi connectivity index (χ0n) is 10.3. The molecule has 0 fully saturated rings. The summed E-state index contributed by atoms with van der Waals surface area (Å²) >= 11 is 0. The molecule has 1 aromatic rings. The molecule has 0 spiro atoms. The number of anilines is 1. The van der Waals surface area contributed by atoms with Gasteiger partial charge in [0, 0.05) is 12.8 Å². The van der Waals surface area contributed by atoms with E-state index in [1.807, 2.05) is 6.07 Å². The maximum Gasteiger partial charge on any atom is 0.325 e. The van der Waals surface area contributed by atoms with Crippen molar-refractivity contribution in [2.24, 2.45) is 0 Å². The van der Waals surface area contributed by atoms with Crippen molar-refractivity contribution in [3.8, 4) is 0 Å². The monoisotopic (exact) mass is 252 g/mol. The highest BCUT2D eigenvalue weighted by Crippen LogP contribution is 2.11. The van der Waals surface area contributed by atoms with Crippen LogP contribution >= 0.6 is 0 Å². The first-order valence-electron chi connectivity index (χ1n) is 5.41. The SMILES string of the molecule is COCc1cccc(NC(=O)N[C@@H](C)C(=O)O)c1. The van der Waals surface area contributed by atoms with Crippen LogP contribution in [0.4, 0.5) is 10.5 Å². The van der Waals surface area contributed by atoms with Gasteiger partial charge >= 0.3 is 12.0 Å². The van der Waals surface area contributed by atoms with E-state index in [0.29, 0.717) is 12.3 Å². The molecule has 1 rings (SSSR count). The molecule has 0 aliphatic carbocycles. The van der Waals surface area contributed by atoms with E-state index in [0.717, 1.165) is 5.56 Å². The van der Waals surface area contributed by atoms with Crippen molar-refractivity contribution in [3.63, 3.8) is 0 Å². The molecule has 0 unspecified atom stereocenters. The minimum absolute atomic E-state index is 0.447. The van der Waals surface area contributed by atoms with E-state index in [9.17, 15) is 9.59 Å². The summed E-state index contributed by atoms with van der Waals surface area (Å²) < 4.78 is 4.98. The van der Waals surface area contributed by atoms with Crippen LogP contribution in [0, 0.1) is 0 Å². The second kappa shape index (κ2) is 6.61. The van der Waals surface area contributed by atoms with E-state index in [4.69, 9.17) is 9.84 Å². The van der Waals surface area contributed by atoms with Crippen LogP contribution in [0.3, 0.4) is 0 Å². The summed E-state index contributed by atoms with van der Waals surface area (Å²) in [6, 6.07) is 5.63. The predicted molar refractivity (Wildman–Crippen MR) is 66.4 cm³/mol. The van der Waals surface area contributed by atoms with Crippen molar-refractivity contribution in [3.05, 3.63) is 29.8 Å². The van der Waals surface area contributed by atoms with Gasteiger partial charge in [-0.25, -0.2) is 4.79 Å². The summed E-state index contributed by atoms with van der Waals surface area (Å²) in [5.74, 6) is -1.08. The Balaban J connectivity index is 2.58. The highest BCUT2D eigenvalue weighted by Gasteiger charge is 2.13. The molecule has 2 amide bonds. The highest BCUT2D eigenvalue weighted by atomic mass is 16.5. The Labute approximate surface area is 105 Å². The summed E-state index contributed by atoms with van der Waals surface area (Å²) in [5, 5.41) is 13.5. The molecule has 6 heteroatoms. The number of urea groups is 1. The Morgan fingerprint density at radius 3 is 2.78 bits per heavy atom. The zero-order chi connectivity index (χ0) is 13.5. The lowest BCUT2D eigenvalue weighted by Gasteiger charge is -2.11. The van der Waals surface area contributed by atoms with Crippen molar-refractivity contribution in [1.29, 1.82) is 0 Å². The number of nitrogens with one attached hydrogen (secondary N) is 2. The lowest BCUT2D eigenvalue weighted by Crippen LogP contribution is -2.40. The number of rotatable bonds is 5. The normalized spacial score (nSPS) is 11.7. The largest absolute Gasteiger partial charge is 0.480 e. The molecule has 0 aromatic heterocycles. The molecule has 0 aliphatic heterocycles. The number of benzene rings is 1. The first kappa shape index (κ1) is 14.0. The average molecular weight is 252 g/mol. The van der Waals surface area contributed by atoms with Gasteiger partial charge in [0.2, 0.25) is 0 Å². The van der Waals surface area contributed by atoms with Crippen molar-refractivity contribution >= 4 is 17.7 Å². The number of hydrogen-bond acceptors (Lipinski definition) is 3. The fourth-order valence-electron chi connectivity index (χ4n) is 1.33. The molecule has 0 heterocycles. The number of carboxylic acid groups (broad SMARTS) is 1. The van der Waals surface area contributed by atoms with Crippen LogP contribution in [0.5, 0.6) is 0 Å². The minimum atomic E-state index is -1.08. The molecule has 0 saturated carbocycles. The van der Waals surface area contributed by atoms with Gasteiger partial charge in [-0.05, 0) is 24.6 Å². The van der Waals surface area contributed by atoms with E-state index in [2.05, 4.69) is 10.6 Å². The average Bonchev–Trinajstić information content (AvgIpc) is 2.29. The number of amides is 2. The topological polar surface area (TPSA) is 87.7 Å². The molecular weight excluding hydrogens is 236 g/mol. The van der Waals surface area contributed by atoms with Crippen LogP contribution in [0.25, 0.3) is 0 Å². The van der Waals surface area contributed by atoms with E-state index < -0.39 is 18.0 Å². The Hall–Kier alpha value is -2.08. The lowest BCUT2D eigenvalue weighted by molar-refractivity contribution is -0.138. The van der Waals surface area contributed by atoms with Gasteiger partial charge in [-0.3, -0.25) is 4.79 Å². The van der Waals surface area contributed by atoms with Crippen LogP contribution < -0.4 is 10.6 Å². The van der Waals surface area contributed by atoms with E-state index in [1.54, 1.807) is 25.3 Å². The Kier molecular flexibility index (Phi) is 5.13. The lowest BCUT2D eigenvalue weighted by atomic mass is 10.2. The molecule has 0 aliphatic rings. The molecule has 98 valence electrons. The second-order valence-corrected chi connectivity index (χ2v) is 3.79. The van der Waals surface area contributed by atoms with Crippen molar-refractivity contribution in [2.75, 3.05) is 12.4 Å². The third kappa shape index (κ3) is 4.42. The molecule has 0 radical (unpaired) electrons. The van der Waals surface area contributed by atoms with Crippen molar-refractivity contribution in [2.45, 2.75) is 19.6 Å². The van der Waals surface area contributed by atoms with Gasteiger partial charge in [-0.15, -0.1) is 0 Å². The Bertz CT molecular complexity index is 434. The second-order valence-electron chi connectivity index (χ2n) is 3.79. The molecule has 1 atom stereocenters. The third-order valence-electron chi connectivity index (χ3n) is 2.21. The summed E-state index contributed by atoms with van der Waals surface area (Å²) in [6.45, 7) is 1.84. The fourth-order valence-corrected chi connectivity index (χ4v) is 1.33. The standard InChI is InChI=1S/C12H16N2O4/c1-8(11(15)16)13-12(17)14-10-5-3-4-9(6-10)7-18-2/h3-6,8H,7H2,1-2H3,(H,15,16)(H2,13,14,17)/t8-/m0/s1. The van der Waals surface area contributed by atoms with Crippen LogP contribution in [-0.2, 0) is 16.1 Å². The van der Waals surface area contributed by atoms with E-state index >= 15 is 0 Å². The van der Waals surface area contributed by atoms with Gasteiger partial charge in [0.15, 0.2) is 0 Å². The van der Waals surface area contributed by atoms with Crippen molar-refractivity contribution in [1.82, 2.24) is 5.32 Å². The summed E-state index contributed by atoms with van der Waals surface area (Å²) in [7, 11) is 1.58. The molecule has 1 aromatic carbocycles. The molecule has 0 bridgehead atoms. The number of ether oxygens (including phenoxy) is 1. The van der Waals surface area contributed by atoms with Gasteiger partial charge in [-0.1, -0.05) is 12.1 Å². The Morgan fingerprint density at radius 1 is 1.44 bits per heavy atom. The maximum absolute atomic E-state index is 11.5. The van der Waals surface area contributed by atoms with E-state index in [1.165, 1.54) is 6.92 Å². The van der Waals surface area contributed by atoms with Crippen LogP contribution in [0.15, 0.2) is 24.3 Å². The number of carbonyl (C=O) groups is 2. The quantitative estimate of drug-likeness (QED) is 0.739. The molecule has 0 saturated heterocycles. The molecule has 6 nitrogen and oxygen atoms in total. The Morgan fingerprint density at radius 2 is 2.17 bits per heavy atom. The summed E-state index contributed by atoms with van der Waals surface area (Å²) in [6.07, 6.45) is 0. The molecular formula is C12H16N2O4. The number of carbonyl (C=O) groups excluding carboxylic acids is 1. The number of carboxylic acids is 1. The molecule has 18 heavy (non-hydrogen) atoms. The highest BCUT2D eigenvalue weighted by molar-refractivity contribution is 5.92. The molecule has 3 N–H and O–H groups in total. The van der Waals surface area contributed by atoms with Gasteiger partial charge in [-0.2, -0.15) is 0 Å². The smallest absolute Gasteiger partial charge is 0.325 e. The first-order chi connectivity index (χ1) is 8.52. The maximum atomic E-state index is 11.5. The third-order valence-corrected chi connectivity index (χ3v) is 2.21. The van der Waals surface area contributed by atoms with Crippen LogP contribution in [-0.4, -0.2) is 30.3 Å². The summed E-state index contributed by atoms with van der Waals surface area (Å²) in [4.78, 5) is 22.0. The van der Waals surface area contributed by atoms with Gasteiger partial charge < -0.3 is 20.5 Å². The first-order valence-corrected chi connectivity index (χ1v) is 5.41. The minimum Gasteiger partial charge on any atom is -0.480 e. The van der Waals surface area contributed by atoms with Crippen molar-refractivity contribution < 1.29 is 19.4 Å². The summed E-state index contributed by atoms with van der Waals surface area (Å²) in [5.41, 5.74) is 1.50. The van der Waals surface area contributed by atoms with Crippen LogP contribution in [0.1, 0.15) is 12.5 Å². The van der Waals surface area contributed by atoms with E-state index in [-0.39, 0.29) is 0 Å². The zero-order valence-corrected chi connectivity index (χ0v) is 10.3. The fraction of sp³-hybridized carbons (Fsp3) is 0.333.